The van der Waals surface area contributed by atoms with Crippen LogP contribution in [-0.2, 0) is 25.4 Å². The molecule has 2 amide bonds. The van der Waals surface area contributed by atoms with Gasteiger partial charge in [0.25, 0.3) is 0 Å². The van der Waals surface area contributed by atoms with Crippen LogP contribution in [0.2, 0.25) is 0 Å². The number of rotatable bonds is 6. The summed E-state index contributed by atoms with van der Waals surface area (Å²) in [6, 6.07) is -1.67. The maximum atomic E-state index is 12.1. The van der Waals surface area contributed by atoms with Gasteiger partial charge in [-0.1, -0.05) is 0 Å². The molecule has 2 N–H and O–H groups in total. The van der Waals surface area contributed by atoms with Crippen molar-refractivity contribution in [3.8, 4) is 0 Å². The number of nitrogens with zero attached hydrogens (tertiary/aromatic N) is 1. The van der Waals surface area contributed by atoms with E-state index < -0.39 is 51.3 Å². The van der Waals surface area contributed by atoms with Gasteiger partial charge in [0.1, 0.15) is 6.54 Å². The molecule has 3 unspecified atom stereocenters. The van der Waals surface area contributed by atoms with Crippen molar-refractivity contribution in [1.82, 2.24) is 10.2 Å². The summed E-state index contributed by atoms with van der Waals surface area (Å²) >= 11 is 0. The van der Waals surface area contributed by atoms with E-state index >= 15 is 0 Å². The van der Waals surface area contributed by atoms with E-state index in [4.69, 9.17) is 5.11 Å². The van der Waals surface area contributed by atoms with E-state index in [9.17, 15) is 22.2 Å². The zero-order chi connectivity index (χ0) is 16.2. The fourth-order valence-corrected chi connectivity index (χ4v) is 4.74. The Kier molecular flexibility index (Phi) is 6.14. The van der Waals surface area contributed by atoms with E-state index in [2.05, 4.69) is 5.32 Å². The van der Waals surface area contributed by atoms with Gasteiger partial charge in [-0.05, 0) is 13.3 Å². The quantitative estimate of drug-likeness (QED) is 0.642. The second kappa shape index (κ2) is 7.21. The number of nitrogens with one attached hydrogen (secondary N) is 1. The van der Waals surface area contributed by atoms with Crippen molar-refractivity contribution in [2.24, 2.45) is 0 Å². The number of aliphatic carboxylic acids is 1. The summed E-state index contributed by atoms with van der Waals surface area (Å²) in [6.07, 6.45) is 1.73. The molecule has 1 fully saturated rings. The Hall–Kier alpha value is -1.16. The second-order valence-corrected chi connectivity index (χ2v) is 8.88. The molecule has 1 saturated heterocycles. The molecule has 1 heterocycles. The highest BCUT2D eigenvalue weighted by atomic mass is 32.2. The molecule has 0 aromatic rings. The van der Waals surface area contributed by atoms with E-state index in [-0.39, 0.29) is 23.7 Å². The number of carbonyl (C=O) groups is 2. The van der Waals surface area contributed by atoms with Gasteiger partial charge in [0.2, 0.25) is 0 Å². The first-order valence-corrected chi connectivity index (χ1v) is 9.95. The van der Waals surface area contributed by atoms with E-state index in [0.29, 0.717) is 0 Å². The predicted octanol–water partition coefficient (Wildman–Crippen LogP) is -0.963. The van der Waals surface area contributed by atoms with Crippen molar-refractivity contribution in [2.45, 2.75) is 25.4 Å². The molecule has 1 rings (SSSR count). The third-order valence-electron chi connectivity index (χ3n) is 3.07. The number of amides is 2. The van der Waals surface area contributed by atoms with E-state index in [1.807, 2.05) is 0 Å². The molecule has 0 aromatic carbocycles. The van der Waals surface area contributed by atoms with Crippen molar-refractivity contribution >= 4 is 32.6 Å². The van der Waals surface area contributed by atoms with Crippen molar-refractivity contribution in [2.75, 3.05) is 30.1 Å². The van der Waals surface area contributed by atoms with Crippen LogP contribution in [0.15, 0.2) is 0 Å². The summed E-state index contributed by atoms with van der Waals surface area (Å²) in [6.45, 7) is 1.09. The van der Waals surface area contributed by atoms with Crippen molar-refractivity contribution < 1.29 is 27.3 Å². The molecule has 21 heavy (non-hydrogen) atoms. The number of carbonyl (C=O) groups excluding carboxylic acids is 1. The average Bonchev–Trinajstić information content (AvgIpc) is 2.64. The fourth-order valence-electron chi connectivity index (χ4n) is 2.22. The lowest BCUT2D eigenvalue weighted by atomic mass is 10.2. The number of hydrogen-bond acceptors (Lipinski definition) is 5. The lowest BCUT2D eigenvalue weighted by molar-refractivity contribution is -0.138. The van der Waals surface area contributed by atoms with E-state index in [1.165, 1.54) is 6.26 Å². The largest absolute Gasteiger partial charge is 0.480 e. The summed E-state index contributed by atoms with van der Waals surface area (Å²) in [4.78, 5) is 24.0. The molecule has 1 aliphatic heterocycles. The Labute approximate surface area is 126 Å². The molecule has 0 spiro atoms. The lowest BCUT2D eigenvalue weighted by Crippen LogP contribution is -2.51. The molecule has 122 valence electrons. The maximum absolute atomic E-state index is 12.1. The van der Waals surface area contributed by atoms with Gasteiger partial charge >= 0.3 is 12.0 Å². The van der Waals surface area contributed by atoms with Gasteiger partial charge in [0.15, 0.2) is 9.84 Å². The standard InChI is InChI=1S/C11H20N2O6S2/c1-8(6-20(2)17)12-11(16)13(5-10(14)15)9-3-4-21(18,19)7-9/h8-9H,3-7H2,1-2H3,(H,12,16)(H,14,15). The Bertz CT molecular complexity index is 533. The molecular formula is C11H20N2O6S2. The molecule has 8 nitrogen and oxygen atoms in total. The van der Waals surface area contributed by atoms with Crippen LogP contribution in [-0.4, -0.2) is 76.8 Å². The number of carboxylic acids is 1. The molecule has 0 saturated carbocycles. The highest BCUT2D eigenvalue weighted by molar-refractivity contribution is 7.91. The average molecular weight is 340 g/mol. The summed E-state index contributed by atoms with van der Waals surface area (Å²) < 4.78 is 34.0. The summed E-state index contributed by atoms with van der Waals surface area (Å²) in [5, 5.41) is 11.4. The number of carboxylic acid groups (broad SMARTS) is 1. The minimum atomic E-state index is -3.22. The van der Waals surface area contributed by atoms with E-state index in [0.717, 1.165) is 4.90 Å². The molecule has 0 bridgehead atoms. The van der Waals surface area contributed by atoms with Crippen molar-refractivity contribution in [1.29, 1.82) is 0 Å². The van der Waals surface area contributed by atoms with Crippen molar-refractivity contribution in [3.05, 3.63) is 0 Å². The minimum Gasteiger partial charge on any atom is -0.480 e. The molecule has 0 radical (unpaired) electrons. The fraction of sp³-hybridized carbons (Fsp3) is 0.818. The van der Waals surface area contributed by atoms with Crippen LogP contribution in [0.1, 0.15) is 13.3 Å². The normalized spacial score (nSPS) is 23.2. The van der Waals surface area contributed by atoms with Crippen molar-refractivity contribution in [3.63, 3.8) is 0 Å². The van der Waals surface area contributed by atoms with Gasteiger partial charge in [-0.25, -0.2) is 13.2 Å². The Balaban J connectivity index is 2.75. The first kappa shape index (κ1) is 17.9. The van der Waals surface area contributed by atoms with E-state index in [1.54, 1.807) is 6.92 Å². The monoisotopic (exact) mass is 340 g/mol. The van der Waals surface area contributed by atoms with Crippen LogP contribution in [0.5, 0.6) is 0 Å². The Morgan fingerprint density at radius 3 is 2.52 bits per heavy atom. The zero-order valence-corrected chi connectivity index (χ0v) is 13.6. The molecule has 3 atom stereocenters. The Morgan fingerprint density at radius 2 is 2.10 bits per heavy atom. The SMILES string of the molecule is CC(CS(C)=O)NC(=O)N(CC(=O)O)C1CCS(=O)(=O)C1. The van der Waals surface area contributed by atoms with Crippen LogP contribution in [0.3, 0.4) is 0 Å². The van der Waals surface area contributed by atoms with Gasteiger partial charge in [-0.15, -0.1) is 0 Å². The van der Waals surface area contributed by atoms with Crippen LogP contribution in [0.25, 0.3) is 0 Å². The molecular weight excluding hydrogens is 320 g/mol. The lowest BCUT2D eigenvalue weighted by Gasteiger charge is -2.28. The van der Waals surface area contributed by atoms with Crippen LogP contribution in [0.4, 0.5) is 4.79 Å². The van der Waals surface area contributed by atoms with Crippen LogP contribution < -0.4 is 5.32 Å². The second-order valence-electron chi connectivity index (χ2n) is 5.17. The summed E-state index contributed by atoms with van der Waals surface area (Å²) in [5.74, 6) is -1.23. The number of urea groups is 1. The summed E-state index contributed by atoms with van der Waals surface area (Å²) in [7, 11) is -4.32. The predicted molar refractivity (Wildman–Crippen MR) is 78.3 cm³/mol. The number of sulfone groups is 1. The van der Waals surface area contributed by atoms with Gasteiger partial charge in [-0.3, -0.25) is 9.00 Å². The van der Waals surface area contributed by atoms with Gasteiger partial charge in [-0.2, -0.15) is 0 Å². The Morgan fingerprint density at radius 1 is 1.48 bits per heavy atom. The highest BCUT2D eigenvalue weighted by Gasteiger charge is 2.35. The number of hydrogen-bond donors (Lipinski definition) is 2. The topological polar surface area (TPSA) is 121 Å². The maximum Gasteiger partial charge on any atom is 0.323 e. The van der Waals surface area contributed by atoms with Gasteiger partial charge in [0.05, 0.1) is 11.5 Å². The van der Waals surface area contributed by atoms with Crippen LogP contribution in [0, 0.1) is 0 Å². The van der Waals surface area contributed by atoms with Gasteiger partial charge < -0.3 is 15.3 Å². The minimum absolute atomic E-state index is 0.0460. The molecule has 1 aliphatic rings. The first-order chi connectivity index (χ1) is 9.60. The van der Waals surface area contributed by atoms with Crippen LogP contribution >= 0.6 is 0 Å². The van der Waals surface area contributed by atoms with Gasteiger partial charge in [0, 0.05) is 34.9 Å². The molecule has 10 heteroatoms. The third-order valence-corrected chi connectivity index (χ3v) is 5.79. The molecule has 0 aliphatic carbocycles. The highest BCUT2D eigenvalue weighted by Crippen LogP contribution is 2.18. The third kappa shape index (κ3) is 6.00. The summed E-state index contributed by atoms with van der Waals surface area (Å²) in [5.41, 5.74) is 0. The molecule has 0 aromatic heterocycles. The first-order valence-electron chi connectivity index (χ1n) is 6.40. The smallest absolute Gasteiger partial charge is 0.323 e. The zero-order valence-electron chi connectivity index (χ0n) is 11.9.